The van der Waals surface area contributed by atoms with Crippen LogP contribution in [0.15, 0.2) is 42.5 Å². The molecule has 0 radical (unpaired) electrons. The average molecular weight is 419 g/mol. The van der Waals surface area contributed by atoms with Crippen molar-refractivity contribution in [1.29, 1.82) is 0 Å². The number of hydrogen-bond acceptors (Lipinski definition) is 5. The highest BCUT2D eigenvalue weighted by Crippen LogP contribution is 2.56. The molecule has 2 bridgehead atoms. The van der Waals surface area contributed by atoms with Gasteiger partial charge < -0.3 is 9.47 Å². The molecule has 2 aromatic rings. The molecule has 1 saturated heterocycles. The zero-order valence-corrected chi connectivity index (χ0v) is 17.7. The van der Waals surface area contributed by atoms with E-state index >= 15 is 0 Å². The molecule has 2 aliphatic carbocycles. The van der Waals surface area contributed by atoms with Crippen LogP contribution < -0.4 is 14.4 Å². The van der Waals surface area contributed by atoms with Crippen LogP contribution in [0.5, 0.6) is 11.5 Å². The Morgan fingerprint density at radius 3 is 2.13 bits per heavy atom. The quantitative estimate of drug-likeness (QED) is 0.418. The predicted molar refractivity (Wildman–Crippen MR) is 114 cm³/mol. The normalized spacial score (nSPS) is 26.3. The van der Waals surface area contributed by atoms with Crippen molar-refractivity contribution >= 4 is 23.5 Å². The Kier molecular flexibility index (Phi) is 4.80. The fourth-order valence-corrected chi connectivity index (χ4v) is 5.43. The number of anilines is 1. The van der Waals surface area contributed by atoms with Crippen LogP contribution in [0.25, 0.3) is 0 Å². The molecule has 4 atom stereocenters. The van der Waals surface area contributed by atoms with Crippen LogP contribution in [0.1, 0.15) is 30.4 Å². The summed E-state index contributed by atoms with van der Waals surface area (Å²) in [5.74, 6) is 0.700. The zero-order chi connectivity index (χ0) is 21.7. The van der Waals surface area contributed by atoms with E-state index < -0.39 is 5.97 Å². The van der Waals surface area contributed by atoms with Gasteiger partial charge in [-0.15, -0.1) is 0 Å². The monoisotopic (exact) mass is 419 g/mol. The summed E-state index contributed by atoms with van der Waals surface area (Å²) >= 11 is 0. The van der Waals surface area contributed by atoms with Crippen molar-refractivity contribution in [3.63, 3.8) is 0 Å². The van der Waals surface area contributed by atoms with Crippen LogP contribution >= 0.6 is 0 Å². The van der Waals surface area contributed by atoms with Crippen LogP contribution in [0.4, 0.5) is 5.69 Å². The Balaban J connectivity index is 1.21. The lowest BCUT2D eigenvalue weighted by Gasteiger charge is -2.19. The van der Waals surface area contributed by atoms with Crippen molar-refractivity contribution in [3.8, 4) is 11.5 Å². The molecule has 31 heavy (non-hydrogen) atoms. The number of hydrogen-bond donors (Lipinski definition) is 0. The zero-order valence-electron chi connectivity index (χ0n) is 17.7. The SMILES string of the molecule is Cc1ccc(OCC(=O)Oc2ccc(N3C(=O)[C@@H]4[C@@H]5CC[C@@H](C5)[C@@H]4C3=O)cc2)cc1C. The van der Waals surface area contributed by atoms with E-state index in [1.807, 2.05) is 32.0 Å². The van der Waals surface area contributed by atoms with Crippen LogP contribution in [-0.2, 0) is 14.4 Å². The molecule has 1 heterocycles. The molecule has 2 amide bonds. The van der Waals surface area contributed by atoms with Gasteiger partial charge >= 0.3 is 5.97 Å². The Labute approximate surface area is 181 Å². The molecule has 0 N–H and O–H groups in total. The van der Waals surface area contributed by atoms with Crippen LogP contribution in [0, 0.1) is 37.5 Å². The van der Waals surface area contributed by atoms with Crippen molar-refractivity contribution in [3.05, 3.63) is 53.6 Å². The van der Waals surface area contributed by atoms with E-state index in [0.717, 1.165) is 30.4 Å². The third-order valence-corrected chi connectivity index (χ3v) is 7.09. The molecule has 2 saturated carbocycles. The first kappa shape index (κ1) is 19.8. The van der Waals surface area contributed by atoms with Gasteiger partial charge in [-0.3, -0.25) is 14.5 Å². The van der Waals surface area contributed by atoms with Gasteiger partial charge in [0, 0.05) is 0 Å². The third kappa shape index (κ3) is 3.40. The summed E-state index contributed by atoms with van der Waals surface area (Å²) in [7, 11) is 0. The minimum absolute atomic E-state index is 0.0752. The Morgan fingerprint density at radius 2 is 1.52 bits per heavy atom. The first-order valence-corrected chi connectivity index (χ1v) is 10.8. The standard InChI is InChI=1S/C25H25NO5/c1-14-3-8-20(11-15(14)2)30-13-21(27)31-19-9-6-18(7-10-19)26-24(28)22-16-4-5-17(12-16)23(22)25(26)29/h3,6-11,16-17,22-23H,4-5,12-13H2,1-2H3/t16-,17+,22-,23+. The van der Waals surface area contributed by atoms with Crippen molar-refractivity contribution in [2.45, 2.75) is 33.1 Å². The summed E-state index contributed by atoms with van der Waals surface area (Å²) in [6.07, 6.45) is 3.12. The Morgan fingerprint density at radius 1 is 0.903 bits per heavy atom. The molecule has 1 aliphatic heterocycles. The van der Waals surface area contributed by atoms with Gasteiger partial charge in [0.1, 0.15) is 11.5 Å². The number of esters is 1. The van der Waals surface area contributed by atoms with Gasteiger partial charge in [0.05, 0.1) is 17.5 Å². The lowest BCUT2D eigenvalue weighted by Crippen LogP contribution is -2.32. The van der Waals surface area contributed by atoms with Gasteiger partial charge in [0.25, 0.3) is 0 Å². The number of amides is 2. The maximum atomic E-state index is 12.9. The molecule has 2 aromatic carbocycles. The number of aryl methyl sites for hydroxylation is 2. The maximum absolute atomic E-state index is 12.9. The molecule has 6 heteroatoms. The third-order valence-electron chi connectivity index (χ3n) is 7.09. The fraction of sp³-hybridized carbons (Fsp3) is 0.400. The molecular weight excluding hydrogens is 394 g/mol. The number of carbonyl (C=O) groups excluding carboxylic acids is 3. The topological polar surface area (TPSA) is 72.9 Å². The number of carbonyl (C=O) groups is 3. The van der Waals surface area contributed by atoms with Gasteiger partial charge in [-0.25, -0.2) is 4.79 Å². The second kappa shape index (κ2) is 7.52. The van der Waals surface area contributed by atoms with Crippen molar-refractivity contribution < 1.29 is 23.9 Å². The van der Waals surface area contributed by atoms with E-state index in [9.17, 15) is 14.4 Å². The summed E-state index contributed by atoms with van der Waals surface area (Å²) in [4.78, 5) is 39.3. The second-order valence-corrected chi connectivity index (χ2v) is 8.90. The van der Waals surface area contributed by atoms with Gasteiger partial charge in [0.15, 0.2) is 6.61 Å². The van der Waals surface area contributed by atoms with E-state index in [-0.39, 0.29) is 30.3 Å². The molecular formula is C25H25NO5. The van der Waals surface area contributed by atoms with Gasteiger partial charge in [-0.2, -0.15) is 0 Å². The smallest absolute Gasteiger partial charge is 0.349 e. The minimum atomic E-state index is -0.523. The summed E-state index contributed by atoms with van der Waals surface area (Å²) < 4.78 is 10.8. The van der Waals surface area contributed by atoms with Crippen molar-refractivity contribution in [2.75, 3.05) is 11.5 Å². The largest absolute Gasteiger partial charge is 0.482 e. The molecule has 3 fully saturated rings. The highest BCUT2D eigenvalue weighted by molar-refractivity contribution is 6.22. The number of nitrogens with zero attached hydrogens (tertiary/aromatic N) is 1. The van der Waals surface area contributed by atoms with Gasteiger partial charge in [-0.1, -0.05) is 6.07 Å². The molecule has 5 rings (SSSR count). The van der Waals surface area contributed by atoms with E-state index in [2.05, 4.69) is 0 Å². The van der Waals surface area contributed by atoms with Crippen LogP contribution in [-0.4, -0.2) is 24.4 Å². The van der Waals surface area contributed by atoms with Gasteiger partial charge in [0.2, 0.25) is 11.8 Å². The molecule has 0 spiro atoms. The highest BCUT2D eigenvalue weighted by Gasteiger charge is 2.61. The number of benzene rings is 2. The molecule has 6 nitrogen and oxygen atoms in total. The first-order valence-electron chi connectivity index (χ1n) is 10.8. The van der Waals surface area contributed by atoms with Crippen molar-refractivity contribution in [2.24, 2.45) is 23.7 Å². The summed E-state index contributed by atoms with van der Waals surface area (Å²) in [6.45, 7) is 3.78. The fourth-order valence-electron chi connectivity index (χ4n) is 5.43. The minimum Gasteiger partial charge on any atom is -0.482 e. The maximum Gasteiger partial charge on any atom is 0.349 e. The number of imide groups is 1. The summed E-state index contributed by atoms with van der Waals surface area (Å²) in [6, 6.07) is 12.2. The Bertz CT molecular complexity index is 1030. The average Bonchev–Trinajstić information content (AvgIpc) is 3.44. The predicted octanol–water partition coefficient (Wildman–Crippen LogP) is 3.82. The van der Waals surface area contributed by atoms with E-state index in [1.54, 1.807) is 24.3 Å². The number of fused-ring (bicyclic) bond motifs is 5. The molecule has 0 aromatic heterocycles. The number of ether oxygens (including phenoxy) is 2. The Hall–Kier alpha value is -3.15. The molecule has 3 aliphatic rings. The second-order valence-electron chi connectivity index (χ2n) is 8.90. The van der Waals surface area contributed by atoms with E-state index in [1.165, 1.54) is 4.90 Å². The number of rotatable bonds is 5. The first-order chi connectivity index (χ1) is 14.9. The van der Waals surface area contributed by atoms with Crippen LogP contribution in [0.3, 0.4) is 0 Å². The lowest BCUT2D eigenvalue weighted by molar-refractivity contribution is -0.136. The summed E-state index contributed by atoms with van der Waals surface area (Å²) in [5.41, 5.74) is 2.78. The van der Waals surface area contributed by atoms with Crippen molar-refractivity contribution in [1.82, 2.24) is 0 Å². The molecule has 0 unspecified atom stereocenters. The lowest BCUT2D eigenvalue weighted by atomic mass is 9.81. The summed E-state index contributed by atoms with van der Waals surface area (Å²) in [5, 5.41) is 0. The van der Waals surface area contributed by atoms with E-state index in [4.69, 9.17) is 9.47 Å². The van der Waals surface area contributed by atoms with Gasteiger partial charge in [-0.05, 0) is 92.5 Å². The highest BCUT2D eigenvalue weighted by atomic mass is 16.6. The van der Waals surface area contributed by atoms with E-state index in [0.29, 0.717) is 29.0 Å². The van der Waals surface area contributed by atoms with Crippen LogP contribution in [0.2, 0.25) is 0 Å². The molecule has 160 valence electrons.